The average molecular weight is 424 g/mol. The molecule has 0 saturated heterocycles. The SMILES string of the molecule is CO[C@H]1CN(C(=O)OC(C)(C)C)CCc2[se]nnc2[C@@H]1OC.CS. The molecule has 1 aliphatic heterocycles. The maximum absolute atomic E-state index is 12.4. The molecule has 0 fully saturated rings. The summed E-state index contributed by atoms with van der Waals surface area (Å²) in [6.07, 6.45) is 1.51. The van der Waals surface area contributed by atoms with Gasteiger partial charge in [-0.3, -0.25) is 0 Å². The summed E-state index contributed by atoms with van der Waals surface area (Å²) in [5.41, 5.74) is 0.355. The molecule has 0 N–H and O–H groups in total. The van der Waals surface area contributed by atoms with Gasteiger partial charge in [0.25, 0.3) is 0 Å². The van der Waals surface area contributed by atoms with Crippen LogP contribution >= 0.6 is 12.6 Å². The van der Waals surface area contributed by atoms with Gasteiger partial charge in [0.2, 0.25) is 0 Å². The molecule has 0 spiro atoms. The van der Waals surface area contributed by atoms with Gasteiger partial charge in [0.15, 0.2) is 0 Å². The van der Waals surface area contributed by atoms with Crippen LogP contribution in [0.3, 0.4) is 0 Å². The van der Waals surface area contributed by atoms with Gasteiger partial charge in [0.05, 0.1) is 0 Å². The molecule has 0 unspecified atom stereocenters. The van der Waals surface area contributed by atoms with Gasteiger partial charge in [-0.1, -0.05) is 0 Å². The molecular weight excluding hydrogens is 397 g/mol. The van der Waals surface area contributed by atoms with Crippen molar-refractivity contribution in [3.63, 3.8) is 0 Å². The van der Waals surface area contributed by atoms with Gasteiger partial charge < -0.3 is 0 Å². The van der Waals surface area contributed by atoms with E-state index >= 15 is 0 Å². The Labute approximate surface area is 155 Å². The summed E-state index contributed by atoms with van der Waals surface area (Å²) in [6.45, 7) is 6.57. The summed E-state index contributed by atoms with van der Waals surface area (Å²) < 4.78 is 21.9. The molecule has 7 nitrogen and oxygen atoms in total. The number of ether oxygens (including phenoxy) is 3. The normalized spacial score (nSPS) is 21.0. The van der Waals surface area contributed by atoms with Gasteiger partial charge in [0.1, 0.15) is 0 Å². The fourth-order valence-corrected chi connectivity index (χ4v) is 3.76. The Kier molecular flexibility index (Phi) is 8.73. The van der Waals surface area contributed by atoms with Crippen LogP contribution in [0.15, 0.2) is 0 Å². The van der Waals surface area contributed by atoms with E-state index < -0.39 is 5.60 Å². The minimum atomic E-state index is -0.519. The maximum atomic E-state index is 12.4. The maximum Gasteiger partial charge on any atom is -0.0215 e. The number of carbonyl (C=O) groups is 1. The number of amides is 1. The van der Waals surface area contributed by atoms with Gasteiger partial charge in [0, 0.05) is 0 Å². The average Bonchev–Trinajstić information content (AvgIpc) is 2.95. The molecule has 2 rings (SSSR count). The molecule has 0 aliphatic carbocycles. The number of hydrogen-bond donors (Lipinski definition) is 1. The van der Waals surface area contributed by atoms with Crippen LogP contribution in [0.2, 0.25) is 0 Å². The summed E-state index contributed by atoms with van der Waals surface area (Å²) in [7, 11) is 3.24. The molecular formula is C15H27N3O4SSe. The fraction of sp³-hybridized carbons (Fsp3) is 0.800. The van der Waals surface area contributed by atoms with E-state index in [0.717, 1.165) is 16.6 Å². The van der Waals surface area contributed by atoms with E-state index in [1.807, 2.05) is 20.8 Å². The van der Waals surface area contributed by atoms with Crippen molar-refractivity contribution < 1.29 is 19.0 Å². The van der Waals surface area contributed by atoms with Crippen LogP contribution in [0.5, 0.6) is 0 Å². The zero-order valence-electron chi connectivity index (χ0n) is 15.1. The van der Waals surface area contributed by atoms with Crippen molar-refractivity contribution in [2.45, 2.75) is 45.0 Å². The first-order valence-corrected chi connectivity index (χ1v) is 10.2. The Morgan fingerprint density at radius 1 is 1.29 bits per heavy atom. The predicted molar refractivity (Wildman–Crippen MR) is 95.9 cm³/mol. The van der Waals surface area contributed by atoms with Gasteiger partial charge in [-0.15, -0.1) is 0 Å². The molecule has 24 heavy (non-hydrogen) atoms. The van der Waals surface area contributed by atoms with Crippen LogP contribution in [-0.4, -0.2) is 80.2 Å². The van der Waals surface area contributed by atoms with Crippen molar-refractivity contribution in [3.05, 3.63) is 10.1 Å². The quantitative estimate of drug-likeness (QED) is 0.574. The van der Waals surface area contributed by atoms with Crippen molar-refractivity contribution in [2.75, 3.05) is 33.6 Å². The van der Waals surface area contributed by atoms with Gasteiger partial charge in [-0.25, -0.2) is 0 Å². The summed E-state index contributed by atoms with van der Waals surface area (Å²) in [5, 5.41) is 4.23. The van der Waals surface area contributed by atoms with Crippen molar-refractivity contribution in [2.24, 2.45) is 0 Å². The van der Waals surface area contributed by atoms with Crippen molar-refractivity contribution in [3.8, 4) is 0 Å². The monoisotopic (exact) mass is 425 g/mol. The van der Waals surface area contributed by atoms with Crippen LogP contribution in [0.1, 0.15) is 37.0 Å². The zero-order chi connectivity index (χ0) is 18.3. The second-order valence-corrected chi connectivity index (χ2v) is 7.95. The number of carbonyl (C=O) groups excluding carboxylic acids is 1. The first kappa shape index (κ1) is 21.4. The Hall–Kier alpha value is -0.601. The van der Waals surface area contributed by atoms with E-state index in [9.17, 15) is 4.79 Å². The van der Waals surface area contributed by atoms with Gasteiger partial charge in [-0.2, -0.15) is 12.6 Å². The molecule has 9 heteroatoms. The largest absolute Gasteiger partial charge is 0.183 e. The van der Waals surface area contributed by atoms with E-state index in [1.165, 1.54) is 0 Å². The molecule has 2 heterocycles. The molecule has 1 amide bonds. The van der Waals surface area contributed by atoms with Crippen LogP contribution in [0.4, 0.5) is 4.79 Å². The molecule has 1 aliphatic rings. The van der Waals surface area contributed by atoms with E-state index in [4.69, 9.17) is 14.2 Å². The van der Waals surface area contributed by atoms with E-state index in [1.54, 1.807) is 25.4 Å². The number of rotatable bonds is 2. The van der Waals surface area contributed by atoms with E-state index in [2.05, 4.69) is 21.8 Å². The van der Waals surface area contributed by atoms with Crippen LogP contribution in [-0.2, 0) is 20.6 Å². The molecule has 2 atom stereocenters. The van der Waals surface area contributed by atoms with Gasteiger partial charge >= 0.3 is 136 Å². The molecule has 0 aromatic carbocycles. The third kappa shape index (κ3) is 5.74. The first-order chi connectivity index (χ1) is 11.4. The number of aromatic nitrogens is 2. The van der Waals surface area contributed by atoms with Crippen molar-refractivity contribution in [1.29, 1.82) is 0 Å². The molecule has 1 aromatic rings. The Bertz CT molecular complexity index is 521. The second kappa shape index (κ2) is 9.77. The Balaban J connectivity index is 0.00000139. The Morgan fingerprint density at radius 3 is 2.50 bits per heavy atom. The van der Waals surface area contributed by atoms with Crippen LogP contribution in [0.25, 0.3) is 0 Å². The number of fused-ring (bicyclic) bond motifs is 1. The second-order valence-electron chi connectivity index (χ2n) is 6.19. The summed E-state index contributed by atoms with van der Waals surface area (Å²) in [5.74, 6) is 0. The molecule has 1 aromatic heterocycles. The van der Waals surface area contributed by atoms with Crippen molar-refractivity contribution >= 4 is 33.5 Å². The van der Waals surface area contributed by atoms with Crippen LogP contribution < -0.4 is 0 Å². The van der Waals surface area contributed by atoms with E-state index in [0.29, 0.717) is 13.1 Å². The molecule has 0 radical (unpaired) electrons. The summed E-state index contributed by atoms with van der Waals surface area (Å²) >= 11 is 3.52. The summed E-state index contributed by atoms with van der Waals surface area (Å²) in [6, 6.07) is 0. The standard InChI is InChI=1S/C14H23N3O4Se.CH4S/c1-14(2,3)21-13(18)17-7-6-10-11(15-16-22-10)12(20-5)9(8-17)19-4;1-2/h9,12H,6-8H2,1-5H3;2H,1H3/t9-,12+;/m0./s1. The first-order valence-electron chi connectivity index (χ1n) is 7.65. The number of nitrogens with zero attached hydrogens (tertiary/aromatic N) is 3. The molecule has 0 saturated carbocycles. The molecule has 138 valence electrons. The zero-order valence-corrected chi connectivity index (χ0v) is 17.7. The Morgan fingerprint density at radius 2 is 1.96 bits per heavy atom. The number of hydrogen-bond acceptors (Lipinski definition) is 7. The van der Waals surface area contributed by atoms with Gasteiger partial charge in [-0.05, 0) is 6.26 Å². The van der Waals surface area contributed by atoms with E-state index in [-0.39, 0.29) is 33.0 Å². The summed E-state index contributed by atoms with van der Waals surface area (Å²) in [4.78, 5) is 14.1. The topological polar surface area (TPSA) is 73.8 Å². The predicted octanol–water partition coefficient (Wildman–Crippen LogP) is 1.58. The third-order valence-electron chi connectivity index (χ3n) is 3.41. The minimum absolute atomic E-state index is 0.0126. The van der Waals surface area contributed by atoms with Crippen molar-refractivity contribution in [1.82, 2.24) is 14.1 Å². The minimum Gasteiger partial charge on any atom is -0.183 e. The smallest absolute Gasteiger partial charge is 0.0215 e. The fourth-order valence-electron chi connectivity index (χ4n) is 2.38. The number of thiol groups is 1. The third-order valence-corrected chi connectivity index (χ3v) is 5.08. The van der Waals surface area contributed by atoms with Crippen LogP contribution in [0, 0.1) is 0 Å². The molecule has 0 bridgehead atoms. The number of methoxy groups -OCH3 is 2.